The molecule has 3 aromatic rings. The highest BCUT2D eigenvalue weighted by molar-refractivity contribution is 6.09. The van der Waals surface area contributed by atoms with Crippen LogP contribution in [0.3, 0.4) is 0 Å². The van der Waals surface area contributed by atoms with Gasteiger partial charge in [0.05, 0.1) is 19.8 Å². The van der Waals surface area contributed by atoms with Crippen molar-refractivity contribution in [1.29, 1.82) is 0 Å². The first-order chi connectivity index (χ1) is 17.3. The first kappa shape index (κ1) is 27.0. The molecule has 0 aromatic heterocycles. The predicted octanol–water partition coefficient (Wildman–Crippen LogP) is 5.27. The molecule has 0 aliphatic heterocycles. The maximum atomic E-state index is 13.5. The Morgan fingerprint density at radius 3 is 2.31 bits per heavy atom. The second kappa shape index (κ2) is 12.9. The molecule has 0 aliphatic rings. The van der Waals surface area contributed by atoms with Gasteiger partial charge in [-0.25, -0.2) is 0 Å². The van der Waals surface area contributed by atoms with Gasteiger partial charge in [-0.15, -0.1) is 0 Å². The van der Waals surface area contributed by atoms with Gasteiger partial charge in [-0.1, -0.05) is 36.4 Å². The Morgan fingerprint density at radius 1 is 0.861 bits per heavy atom. The molecule has 0 spiro atoms. The third-order valence-corrected chi connectivity index (χ3v) is 5.71. The summed E-state index contributed by atoms with van der Waals surface area (Å²) in [6.45, 7) is 2.01. The number of allylic oxidation sites excluding steroid dienone is 1. The van der Waals surface area contributed by atoms with Crippen LogP contribution in [0, 0.1) is 0 Å². The zero-order valence-electron chi connectivity index (χ0n) is 22.1. The predicted molar refractivity (Wildman–Crippen MR) is 146 cm³/mol. The molecule has 0 fully saturated rings. The molecule has 0 bridgehead atoms. The molecule has 6 heteroatoms. The summed E-state index contributed by atoms with van der Waals surface area (Å²) in [5.41, 5.74) is 4.35. The van der Waals surface area contributed by atoms with Gasteiger partial charge >= 0.3 is 0 Å². The third kappa shape index (κ3) is 7.20. The van der Waals surface area contributed by atoms with E-state index >= 15 is 0 Å². The smallest absolute Gasteiger partial charge is 0.189 e. The molecule has 0 amide bonds. The minimum absolute atomic E-state index is 0.127. The van der Waals surface area contributed by atoms with Gasteiger partial charge in [0, 0.05) is 18.7 Å². The Labute approximate surface area is 214 Å². The lowest BCUT2D eigenvalue weighted by Gasteiger charge is -2.16. The first-order valence-electron chi connectivity index (χ1n) is 11.9. The molecule has 0 unspecified atom stereocenters. The number of methoxy groups -OCH3 is 2. The Morgan fingerprint density at radius 2 is 1.61 bits per heavy atom. The van der Waals surface area contributed by atoms with Crippen LogP contribution in [0.25, 0.3) is 17.2 Å². The van der Waals surface area contributed by atoms with Gasteiger partial charge in [-0.2, -0.15) is 0 Å². The Hall–Kier alpha value is -3.61. The minimum Gasteiger partial charge on any atom is -0.497 e. The van der Waals surface area contributed by atoms with Gasteiger partial charge < -0.3 is 24.0 Å². The second-order valence-corrected chi connectivity index (χ2v) is 9.06. The van der Waals surface area contributed by atoms with Gasteiger partial charge in [-0.05, 0) is 81.3 Å². The molecule has 3 rings (SSSR count). The number of hydrogen-bond acceptors (Lipinski definition) is 6. The molecular weight excluding hydrogens is 452 g/mol. The van der Waals surface area contributed by atoms with E-state index in [4.69, 9.17) is 14.2 Å². The summed E-state index contributed by atoms with van der Waals surface area (Å²) in [4.78, 5) is 17.6. The largest absolute Gasteiger partial charge is 0.497 e. The van der Waals surface area contributed by atoms with Crippen LogP contribution in [0.1, 0.15) is 21.5 Å². The summed E-state index contributed by atoms with van der Waals surface area (Å²) in [6.07, 6.45) is 3.50. The number of hydrogen-bond donors (Lipinski definition) is 0. The second-order valence-electron chi connectivity index (χ2n) is 9.06. The molecule has 0 atom stereocenters. The number of carbonyl (C=O) groups excluding carboxylic acids is 1. The molecule has 36 heavy (non-hydrogen) atoms. The number of rotatable bonds is 12. The summed E-state index contributed by atoms with van der Waals surface area (Å²) in [5.74, 6) is 1.84. The fourth-order valence-electron chi connectivity index (χ4n) is 3.83. The highest BCUT2D eigenvalue weighted by Gasteiger charge is 2.16. The molecule has 0 saturated carbocycles. The SMILES string of the molecule is COc1ccc(OC)c(-c2ccc(OCCN(C)C)c(C(=O)C=Cc3ccccc3CN(C)C)c2)c1. The van der Waals surface area contributed by atoms with Crippen molar-refractivity contribution < 1.29 is 19.0 Å². The van der Waals surface area contributed by atoms with E-state index in [2.05, 4.69) is 11.0 Å². The molecule has 0 radical (unpaired) electrons. The van der Waals surface area contributed by atoms with Crippen molar-refractivity contribution in [2.75, 3.05) is 55.6 Å². The van der Waals surface area contributed by atoms with E-state index in [0.29, 0.717) is 29.4 Å². The lowest BCUT2D eigenvalue weighted by molar-refractivity contribution is 0.104. The van der Waals surface area contributed by atoms with Crippen LogP contribution >= 0.6 is 0 Å². The van der Waals surface area contributed by atoms with Crippen molar-refractivity contribution in [3.63, 3.8) is 0 Å². The first-order valence-corrected chi connectivity index (χ1v) is 11.9. The summed E-state index contributed by atoms with van der Waals surface area (Å²) in [5, 5.41) is 0. The van der Waals surface area contributed by atoms with E-state index < -0.39 is 0 Å². The third-order valence-electron chi connectivity index (χ3n) is 5.71. The summed E-state index contributed by atoms with van der Waals surface area (Å²) in [7, 11) is 11.3. The van der Waals surface area contributed by atoms with Crippen molar-refractivity contribution in [2.24, 2.45) is 0 Å². The van der Waals surface area contributed by atoms with Gasteiger partial charge in [-0.3, -0.25) is 4.79 Å². The average Bonchev–Trinajstić information content (AvgIpc) is 2.87. The van der Waals surface area contributed by atoms with Gasteiger partial charge in [0.25, 0.3) is 0 Å². The van der Waals surface area contributed by atoms with E-state index in [0.717, 1.165) is 35.3 Å². The van der Waals surface area contributed by atoms with Gasteiger partial charge in [0.2, 0.25) is 0 Å². The number of carbonyl (C=O) groups is 1. The number of likely N-dealkylation sites (N-methyl/N-ethyl adjacent to an activating group) is 1. The van der Waals surface area contributed by atoms with E-state index in [9.17, 15) is 4.79 Å². The van der Waals surface area contributed by atoms with Crippen molar-refractivity contribution in [2.45, 2.75) is 6.54 Å². The van der Waals surface area contributed by atoms with Crippen molar-refractivity contribution in [1.82, 2.24) is 9.80 Å². The van der Waals surface area contributed by atoms with Gasteiger partial charge in [0.15, 0.2) is 5.78 Å². The zero-order valence-corrected chi connectivity index (χ0v) is 22.1. The van der Waals surface area contributed by atoms with Crippen LogP contribution in [-0.4, -0.2) is 71.1 Å². The van der Waals surface area contributed by atoms with Crippen molar-refractivity contribution in [3.05, 3.63) is 83.4 Å². The lowest BCUT2D eigenvalue weighted by atomic mass is 9.98. The molecule has 0 saturated heterocycles. The fourth-order valence-corrected chi connectivity index (χ4v) is 3.83. The van der Waals surface area contributed by atoms with Crippen LogP contribution in [0.2, 0.25) is 0 Å². The quantitative estimate of drug-likeness (QED) is 0.256. The monoisotopic (exact) mass is 488 g/mol. The van der Waals surface area contributed by atoms with E-state index in [1.54, 1.807) is 20.3 Å². The summed E-state index contributed by atoms with van der Waals surface area (Å²) >= 11 is 0. The number of benzene rings is 3. The van der Waals surface area contributed by atoms with Crippen LogP contribution in [0.15, 0.2) is 66.7 Å². The normalized spacial score (nSPS) is 11.3. The molecule has 0 heterocycles. The number of ketones is 1. The maximum Gasteiger partial charge on any atom is 0.189 e. The van der Waals surface area contributed by atoms with Crippen LogP contribution in [0.4, 0.5) is 0 Å². The van der Waals surface area contributed by atoms with E-state index in [-0.39, 0.29) is 5.78 Å². The molecular formula is C30H36N2O4. The van der Waals surface area contributed by atoms with Crippen molar-refractivity contribution in [3.8, 4) is 28.4 Å². The Kier molecular flexibility index (Phi) is 9.68. The molecule has 0 aliphatic carbocycles. The fraction of sp³-hybridized carbons (Fsp3) is 0.300. The van der Waals surface area contributed by atoms with Crippen LogP contribution < -0.4 is 14.2 Å². The zero-order chi connectivity index (χ0) is 26.1. The van der Waals surface area contributed by atoms with Crippen molar-refractivity contribution >= 4 is 11.9 Å². The number of nitrogens with zero attached hydrogens (tertiary/aromatic N) is 2. The molecule has 190 valence electrons. The number of ether oxygens (including phenoxy) is 3. The van der Waals surface area contributed by atoms with Crippen LogP contribution in [-0.2, 0) is 6.54 Å². The lowest BCUT2D eigenvalue weighted by Crippen LogP contribution is -2.20. The Bertz CT molecular complexity index is 1200. The maximum absolute atomic E-state index is 13.5. The van der Waals surface area contributed by atoms with Gasteiger partial charge in [0.1, 0.15) is 23.9 Å². The minimum atomic E-state index is -0.127. The Balaban J connectivity index is 2.00. The topological polar surface area (TPSA) is 51.2 Å². The molecule has 3 aromatic carbocycles. The van der Waals surface area contributed by atoms with E-state index in [1.807, 2.05) is 93.8 Å². The highest BCUT2D eigenvalue weighted by atomic mass is 16.5. The molecule has 0 N–H and O–H groups in total. The van der Waals surface area contributed by atoms with E-state index in [1.165, 1.54) is 0 Å². The van der Waals surface area contributed by atoms with Crippen LogP contribution in [0.5, 0.6) is 17.2 Å². The highest BCUT2D eigenvalue weighted by Crippen LogP contribution is 2.36. The molecule has 6 nitrogen and oxygen atoms in total. The summed E-state index contributed by atoms with van der Waals surface area (Å²) < 4.78 is 17.0. The average molecular weight is 489 g/mol. The standard InChI is InChI=1S/C30H36N2O4/c1-31(2)17-18-36-30-15-12-23(26-20-25(34-5)13-16-29(26)35-6)19-27(30)28(33)14-11-22-9-7-8-10-24(22)21-32(3)4/h7-16,19-20H,17-18,21H2,1-6H3. The summed E-state index contributed by atoms with van der Waals surface area (Å²) in [6, 6.07) is 19.4.